The fourth-order valence-corrected chi connectivity index (χ4v) is 6.06. The van der Waals surface area contributed by atoms with Crippen LogP contribution >= 0.6 is 23.2 Å². The molecule has 42 heavy (non-hydrogen) atoms. The Kier molecular flexibility index (Phi) is 11.5. The number of amides is 2. The van der Waals surface area contributed by atoms with Gasteiger partial charge in [-0.25, -0.2) is 8.42 Å². The Morgan fingerprint density at radius 2 is 1.50 bits per heavy atom. The van der Waals surface area contributed by atoms with Crippen molar-refractivity contribution in [2.75, 3.05) is 31.6 Å². The first kappa shape index (κ1) is 33.0. The van der Waals surface area contributed by atoms with Gasteiger partial charge >= 0.3 is 0 Å². The third-order valence-corrected chi connectivity index (χ3v) is 8.99. The molecule has 0 radical (unpaired) electrons. The molecular formula is C30H35Cl2N3O6S. The van der Waals surface area contributed by atoms with Crippen molar-refractivity contribution in [2.45, 2.75) is 38.3 Å². The molecule has 3 aromatic carbocycles. The second-order valence-electron chi connectivity index (χ2n) is 9.90. The van der Waals surface area contributed by atoms with Crippen LogP contribution in [0.4, 0.5) is 5.69 Å². The maximum Gasteiger partial charge on any atom is 0.264 e. The number of nitrogens with zero attached hydrogens (tertiary/aromatic N) is 2. The molecule has 0 aliphatic heterocycles. The third kappa shape index (κ3) is 7.87. The Morgan fingerprint density at radius 1 is 0.881 bits per heavy atom. The number of rotatable bonds is 13. The van der Waals surface area contributed by atoms with Crippen molar-refractivity contribution in [1.29, 1.82) is 0 Å². The van der Waals surface area contributed by atoms with Gasteiger partial charge in [-0.15, -0.1) is 0 Å². The molecule has 3 rings (SSSR count). The molecule has 12 heteroatoms. The van der Waals surface area contributed by atoms with E-state index >= 15 is 0 Å². The van der Waals surface area contributed by atoms with Gasteiger partial charge in [0.25, 0.3) is 10.0 Å². The van der Waals surface area contributed by atoms with Gasteiger partial charge in [0.1, 0.15) is 12.6 Å². The zero-order valence-electron chi connectivity index (χ0n) is 24.1. The Labute approximate surface area is 257 Å². The number of benzene rings is 3. The van der Waals surface area contributed by atoms with Crippen molar-refractivity contribution in [3.63, 3.8) is 0 Å². The van der Waals surface area contributed by atoms with Crippen LogP contribution in [0.1, 0.15) is 26.3 Å². The Bertz CT molecular complexity index is 1480. The van der Waals surface area contributed by atoms with Crippen LogP contribution in [0.25, 0.3) is 0 Å². The highest BCUT2D eigenvalue weighted by Gasteiger charge is 2.33. The molecule has 1 N–H and O–H groups in total. The quantitative estimate of drug-likeness (QED) is 0.270. The topological polar surface area (TPSA) is 105 Å². The first-order chi connectivity index (χ1) is 19.9. The minimum atomic E-state index is -4.30. The summed E-state index contributed by atoms with van der Waals surface area (Å²) in [5.74, 6) is -0.282. The van der Waals surface area contributed by atoms with E-state index in [1.807, 2.05) is 13.8 Å². The number of hydrogen-bond acceptors (Lipinski definition) is 6. The Hall–Kier alpha value is -3.47. The number of carbonyl (C=O) groups is 2. The number of sulfonamides is 1. The number of nitrogens with one attached hydrogen (secondary N) is 1. The van der Waals surface area contributed by atoms with Crippen molar-refractivity contribution in [2.24, 2.45) is 5.92 Å². The predicted octanol–water partition coefficient (Wildman–Crippen LogP) is 5.40. The lowest BCUT2D eigenvalue weighted by molar-refractivity contribution is -0.139. The van der Waals surface area contributed by atoms with Gasteiger partial charge in [0.2, 0.25) is 11.8 Å². The zero-order valence-corrected chi connectivity index (χ0v) is 26.5. The maximum atomic E-state index is 14.0. The summed E-state index contributed by atoms with van der Waals surface area (Å²) in [6.07, 6.45) is 0. The number of halogens is 2. The van der Waals surface area contributed by atoms with E-state index in [4.69, 9.17) is 32.7 Å². The van der Waals surface area contributed by atoms with Crippen LogP contribution in [0.5, 0.6) is 11.5 Å². The highest BCUT2D eigenvalue weighted by Crippen LogP contribution is 2.33. The average Bonchev–Trinajstić information content (AvgIpc) is 2.97. The molecule has 0 aliphatic carbocycles. The van der Waals surface area contributed by atoms with Crippen LogP contribution in [-0.4, -0.2) is 58.5 Å². The number of anilines is 1. The number of methoxy groups -OCH3 is 2. The molecule has 0 aromatic heterocycles. The molecular weight excluding hydrogens is 601 g/mol. The standard InChI is InChI=1S/C30H35Cl2N3O6S/c1-20(2)17-33-30(37)21(3)34(18-24-25(31)12-9-13-26(24)32)29(36)19-35(22-10-7-6-8-11-22)42(38,39)23-14-15-27(40-4)28(16-23)41-5/h6-16,20-21H,17-19H2,1-5H3,(H,33,37)/t21-/m0/s1. The average molecular weight is 637 g/mol. The lowest BCUT2D eigenvalue weighted by atomic mass is 10.1. The first-order valence-electron chi connectivity index (χ1n) is 13.2. The van der Waals surface area contributed by atoms with Crippen LogP contribution in [-0.2, 0) is 26.2 Å². The fourth-order valence-electron chi connectivity index (χ4n) is 4.12. The summed E-state index contributed by atoms with van der Waals surface area (Å²) in [5, 5.41) is 3.47. The van der Waals surface area contributed by atoms with E-state index in [9.17, 15) is 18.0 Å². The second-order valence-corrected chi connectivity index (χ2v) is 12.6. The van der Waals surface area contributed by atoms with E-state index in [1.165, 1.54) is 37.3 Å². The van der Waals surface area contributed by atoms with Crippen LogP contribution < -0.4 is 19.1 Å². The van der Waals surface area contributed by atoms with Gasteiger partial charge in [-0.1, -0.05) is 61.3 Å². The number of hydrogen-bond donors (Lipinski definition) is 1. The van der Waals surface area contributed by atoms with Gasteiger partial charge in [0.05, 0.1) is 24.8 Å². The fraction of sp³-hybridized carbons (Fsp3) is 0.333. The van der Waals surface area contributed by atoms with E-state index in [2.05, 4.69) is 5.32 Å². The van der Waals surface area contributed by atoms with E-state index in [-0.39, 0.29) is 28.8 Å². The molecule has 0 unspecified atom stereocenters. The molecule has 226 valence electrons. The molecule has 1 atom stereocenters. The Balaban J connectivity index is 2.06. The van der Waals surface area contributed by atoms with Gasteiger partial charge in [-0.2, -0.15) is 0 Å². The lowest BCUT2D eigenvalue weighted by Crippen LogP contribution is -2.51. The molecule has 0 heterocycles. The van der Waals surface area contributed by atoms with Crippen LogP contribution in [0.15, 0.2) is 71.6 Å². The van der Waals surface area contributed by atoms with Crippen LogP contribution in [0.2, 0.25) is 10.0 Å². The van der Waals surface area contributed by atoms with Crippen LogP contribution in [0, 0.1) is 5.92 Å². The van der Waals surface area contributed by atoms with E-state index in [0.717, 1.165) is 4.31 Å². The highest BCUT2D eigenvalue weighted by atomic mass is 35.5. The number of ether oxygens (including phenoxy) is 2. The van der Waals surface area contributed by atoms with Crippen molar-refractivity contribution in [1.82, 2.24) is 10.2 Å². The van der Waals surface area contributed by atoms with Crippen molar-refractivity contribution < 1.29 is 27.5 Å². The van der Waals surface area contributed by atoms with Gasteiger partial charge in [-0.05, 0) is 49.2 Å². The molecule has 0 aliphatic rings. The van der Waals surface area contributed by atoms with Crippen molar-refractivity contribution >= 4 is 50.7 Å². The summed E-state index contributed by atoms with van der Waals surface area (Å²) < 4.78 is 39.6. The van der Waals surface area contributed by atoms with E-state index in [0.29, 0.717) is 27.9 Å². The molecule has 0 bridgehead atoms. The normalized spacial score (nSPS) is 12.0. The highest BCUT2D eigenvalue weighted by molar-refractivity contribution is 7.92. The molecule has 3 aromatic rings. The largest absolute Gasteiger partial charge is 0.493 e. The molecule has 9 nitrogen and oxygen atoms in total. The van der Waals surface area contributed by atoms with Crippen LogP contribution in [0.3, 0.4) is 0 Å². The molecule has 2 amide bonds. The summed E-state index contributed by atoms with van der Waals surface area (Å²) in [5.41, 5.74) is 0.694. The van der Waals surface area contributed by atoms with E-state index < -0.39 is 34.4 Å². The minimum Gasteiger partial charge on any atom is -0.493 e. The van der Waals surface area contributed by atoms with Crippen molar-refractivity contribution in [3.8, 4) is 11.5 Å². The summed E-state index contributed by atoms with van der Waals surface area (Å²) in [7, 11) is -1.46. The first-order valence-corrected chi connectivity index (χ1v) is 15.4. The van der Waals surface area contributed by atoms with Gasteiger partial charge in [0, 0.05) is 34.8 Å². The predicted molar refractivity (Wildman–Crippen MR) is 165 cm³/mol. The summed E-state index contributed by atoms with van der Waals surface area (Å²) in [6.45, 7) is 5.16. The maximum absolute atomic E-state index is 14.0. The summed E-state index contributed by atoms with van der Waals surface area (Å²) in [4.78, 5) is 28.3. The Morgan fingerprint density at radius 3 is 2.07 bits per heavy atom. The van der Waals surface area contributed by atoms with Gasteiger partial charge in [-0.3, -0.25) is 13.9 Å². The summed E-state index contributed by atoms with van der Waals surface area (Å²) in [6, 6.07) is 16.4. The van der Waals surface area contributed by atoms with E-state index in [1.54, 1.807) is 55.5 Å². The molecule has 0 saturated heterocycles. The molecule has 0 fully saturated rings. The van der Waals surface area contributed by atoms with Gasteiger partial charge in [0.15, 0.2) is 11.5 Å². The van der Waals surface area contributed by atoms with Crippen molar-refractivity contribution in [3.05, 3.63) is 82.3 Å². The lowest BCUT2D eigenvalue weighted by Gasteiger charge is -2.32. The third-order valence-electron chi connectivity index (χ3n) is 6.51. The SMILES string of the molecule is COc1ccc(S(=O)(=O)N(CC(=O)N(Cc2c(Cl)cccc2Cl)[C@@H](C)C(=O)NCC(C)C)c2ccccc2)cc1OC. The second kappa shape index (κ2) is 14.6. The minimum absolute atomic E-state index is 0.111. The number of carbonyl (C=O) groups excluding carboxylic acids is 2. The molecule has 0 spiro atoms. The smallest absolute Gasteiger partial charge is 0.264 e. The molecule has 0 saturated carbocycles. The zero-order chi connectivity index (χ0) is 31.0. The van der Waals surface area contributed by atoms with Gasteiger partial charge < -0.3 is 19.7 Å². The summed E-state index contributed by atoms with van der Waals surface area (Å²) >= 11 is 12.8. The number of para-hydroxylation sites is 1. The monoisotopic (exact) mass is 635 g/mol.